The van der Waals surface area contributed by atoms with Crippen LogP contribution in [-0.2, 0) is 6.42 Å². The molecule has 0 aliphatic carbocycles. The van der Waals surface area contributed by atoms with E-state index in [0.717, 1.165) is 45.7 Å². The van der Waals surface area contributed by atoms with Crippen molar-refractivity contribution < 1.29 is 13.9 Å². The second kappa shape index (κ2) is 5.91. The molecule has 5 rings (SSSR count). The first-order valence-corrected chi connectivity index (χ1v) is 8.49. The third-order valence-corrected chi connectivity index (χ3v) is 4.76. The number of benzene rings is 2. The standard InChI is InChI=1S/C20H17N3O3/c1-24-16-3-5-18-13(7-16)6-14(11-25-18)20-23-17-8-12(2-4-19(17)26-20)15-9-21-22-10-15/h2-5,7-10,14H,6,11H2,1H3,(H,21,22)/t14-/m1/s1. The van der Waals surface area contributed by atoms with E-state index in [1.807, 2.05) is 42.6 Å². The molecular formula is C20H17N3O3. The molecule has 0 radical (unpaired) electrons. The Morgan fingerprint density at radius 1 is 1.15 bits per heavy atom. The number of methoxy groups -OCH3 is 1. The summed E-state index contributed by atoms with van der Waals surface area (Å²) in [6.45, 7) is 0.556. The number of hydrogen-bond donors (Lipinski definition) is 1. The van der Waals surface area contributed by atoms with E-state index in [4.69, 9.17) is 18.9 Å². The van der Waals surface area contributed by atoms with Crippen LogP contribution < -0.4 is 9.47 Å². The van der Waals surface area contributed by atoms with Crippen molar-refractivity contribution in [2.45, 2.75) is 12.3 Å². The lowest BCUT2D eigenvalue weighted by Gasteiger charge is -2.23. The molecule has 2 aromatic carbocycles. The van der Waals surface area contributed by atoms with E-state index in [1.165, 1.54) is 0 Å². The van der Waals surface area contributed by atoms with Crippen LogP contribution in [0.2, 0.25) is 0 Å². The van der Waals surface area contributed by atoms with Crippen molar-refractivity contribution in [3.8, 4) is 22.6 Å². The van der Waals surface area contributed by atoms with Gasteiger partial charge in [-0.05, 0) is 47.9 Å². The largest absolute Gasteiger partial charge is 0.497 e. The Kier molecular flexibility index (Phi) is 3.41. The van der Waals surface area contributed by atoms with Crippen molar-refractivity contribution in [2.24, 2.45) is 0 Å². The summed E-state index contributed by atoms with van der Waals surface area (Å²) in [6.07, 6.45) is 4.47. The minimum Gasteiger partial charge on any atom is -0.497 e. The SMILES string of the molecule is COc1ccc2c(c1)C[C@@H](c1nc3cc(-c4cn[nH]c4)ccc3o1)CO2. The molecule has 0 fully saturated rings. The number of oxazole rings is 1. The molecule has 3 heterocycles. The van der Waals surface area contributed by atoms with Crippen LogP contribution >= 0.6 is 0 Å². The van der Waals surface area contributed by atoms with Crippen molar-refractivity contribution in [1.82, 2.24) is 15.2 Å². The van der Waals surface area contributed by atoms with Gasteiger partial charge in [-0.3, -0.25) is 5.10 Å². The predicted molar refractivity (Wildman–Crippen MR) is 96.5 cm³/mol. The Bertz CT molecular complexity index is 1070. The van der Waals surface area contributed by atoms with Gasteiger partial charge in [0.1, 0.15) is 23.6 Å². The third-order valence-electron chi connectivity index (χ3n) is 4.76. The molecule has 26 heavy (non-hydrogen) atoms. The summed E-state index contributed by atoms with van der Waals surface area (Å²) in [5.74, 6) is 2.52. The van der Waals surface area contributed by atoms with Gasteiger partial charge in [-0.2, -0.15) is 5.10 Å². The Morgan fingerprint density at radius 3 is 2.96 bits per heavy atom. The molecule has 4 aromatic rings. The first-order valence-electron chi connectivity index (χ1n) is 8.49. The van der Waals surface area contributed by atoms with E-state index in [9.17, 15) is 0 Å². The number of ether oxygens (including phenoxy) is 2. The van der Waals surface area contributed by atoms with Gasteiger partial charge < -0.3 is 13.9 Å². The molecule has 0 saturated carbocycles. The highest BCUT2D eigenvalue weighted by Gasteiger charge is 2.26. The van der Waals surface area contributed by atoms with Crippen molar-refractivity contribution in [3.05, 3.63) is 60.2 Å². The summed E-state index contributed by atoms with van der Waals surface area (Å²) in [5.41, 5.74) is 4.82. The van der Waals surface area contributed by atoms with E-state index >= 15 is 0 Å². The molecule has 1 N–H and O–H groups in total. The molecule has 6 heteroatoms. The Morgan fingerprint density at radius 2 is 2.12 bits per heavy atom. The topological polar surface area (TPSA) is 73.2 Å². The van der Waals surface area contributed by atoms with Crippen LogP contribution in [0.25, 0.3) is 22.2 Å². The predicted octanol–water partition coefficient (Wildman–Crippen LogP) is 3.95. The second-order valence-corrected chi connectivity index (χ2v) is 6.41. The van der Waals surface area contributed by atoms with Gasteiger partial charge in [0.2, 0.25) is 5.89 Å². The highest BCUT2D eigenvalue weighted by molar-refractivity contribution is 5.80. The van der Waals surface area contributed by atoms with Crippen molar-refractivity contribution in [1.29, 1.82) is 0 Å². The lowest BCUT2D eigenvalue weighted by Crippen LogP contribution is -2.19. The summed E-state index contributed by atoms with van der Waals surface area (Å²) in [6, 6.07) is 11.9. The van der Waals surface area contributed by atoms with Crippen LogP contribution in [0.4, 0.5) is 0 Å². The average Bonchev–Trinajstić information content (AvgIpc) is 3.36. The zero-order valence-corrected chi connectivity index (χ0v) is 14.2. The highest BCUT2D eigenvalue weighted by Crippen LogP contribution is 2.35. The summed E-state index contributed by atoms with van der Waals surface area (Å²) >= 11 is 0. The Hall–Kier alpha value is -3.28. The molecule has 0 saturated heterocycles. The number of H-pyrrole nitrogens is 1. The fraction of sp³-hybridized carbons (Fsp3) is 0.200. The number of nitrogens with one attached hydrogen (secondary N) is 1. The van der Waals surface area contributed by atoms with Crippen molar-refractivity contribution in [3.63, 3.8) is 0 Å². The number of aromatic nitrogens is 3. The molecule has 0 spiro atoms. The molecule has 1 atom stereocenters. The van der Waals surface area contributed by atoms with Gasteiger partial charge in [0, 0.05) is 11.8 Å². The van der Waals surface area contributed by atoms with Crippen LogP contribution in [-0.4, -0.2) is 28.9 Å². The number of rotatable bonds is 3. The van der Waals surface area contributed by atoms with Crippen LogP contribution in [0.5, 0.6) is 11.5 Å². The van der Waals surface area contributed by atoms with Crippen LogP contribution in [0.3, 0.4) is 0 Å². The van der Waals surface area contributed by atoms with Gasteiger partial charge in [0.25, 0.3) is 0 Å². The molecule has 1 aliphatic rings. The van der Waals surface area contributed by atoms with Gasteiger partial charge in [-0.25, -0.2) is 4.98 Å². The highest BCUT2D eigenvalue weighted by atomic mass is 16.5. The molecular weight excluding hydrogens is 330 g/mol. The maximum Gasteiger partial charge on any atom is 0.202 e. The van der Waals surface area contributed by atoms with E-state index in [-0.39, 0.29) is 5.92 Å². The van der Waals surface area contributed by atoms with Gasteiger partial charge in [0.05, 0.1) is 19.2 Å². The van der Waals surface area contributed by atoms with Gasteiger partial charge in [-0.1, -0.05) is 6.07 Å². The fourth-order valence-corrected chi connectivity index (χ4v) is 3.36. The number of hydrogen-bond acceptors (Lipinski definition) is 5. The molecule has 6 nitrogen and oxygen atoms in total. The second-order valence-electron chi connectivity index (χ2n) is 6.41. The zero-order valence-electron chi connectivity index (χ0n) is 14.2. The molecule has 0 unspecified atom stereocenters. The van der Waals surface area contributed by atoms with Gasteiger partial charge in [0.15, 0.2) is 5.58 Å². The summed E-state index contributed by atoms with van der Waals surface area (Å²) in [5, 5.41) is 6.83. The number of fused-ring (bicyclic) bond motifs is 2. The maximum atomic E-state index is 6.01. The first kappa shape index (κ1) is 15.0. The number of nitrogens with zero attached hydrogens (tertiary/aromatic N) is 2. The van der Waals surface area contributed by atoms with E-state index in [2.05, 4.69) is 10.2 Å². The van der Waals surface area contributed by atoms with Gasteiger partial charge in [-0.15, -0.1) is 0 Å². The summed E-state index contributed by atoms with van der Waals surface area (Å²) in [4.78, 5) is 4.71. The molecule has 2 aromatic heterocycles. The van der Waals surface area contributed by atoms with Crippen molar-refractivity contribution in [2.75, 3.05) is 13.7 Å². The van der Waals surface area contributed by atoms with E-state index in [1.54, 1.807) is 13.3 Å². The lowest BCUT2D eigenvalue weighted by atomic mass is 9.96. The smallest absolute Gasteiger partial charge is 0.202 e. The normalized spacial score (nSPS) is 16.3. The third kappa shape index (κ3) is 2.50. The van der Waals surface area contributed by atoms with Crippen LogP contribution in [0, 0.1) is 0 Å². The Labute approximate surface area is 149 Å². The fourth-order valence-electron chi connectivity index (χ4n) is 3.36. The quantitative estimate of drug-likeness (QED) is 0.607. The molecule has 0 bridgehead atoms. The minimum atomic E-state index is 0.0828. The van der Waals surface area contributed by atoms with Crippen LogP contribution in [0.1, 0.15) is 17.4 Å². The van der Waals surface area contributed by atoms with Crippen LogP contribution in [0.15, 0.2) is 53.2 Å². The monoisotopic (exact) mass is 347 g/mol. The number of aromatic amines is 1. The summed E-state index contributed by atoms with van der Waals surface area (Å²) in [7, 11) is 1.67. The lowest BCUT2D eigenvalue weighted by molar-refractivity contribution is 0.243. The molecule has 0 amide bonds. The molecule has 130 valence electrons. The Balaban J connectivity index is 1.47. The van der Waals surface area contributed by atoms with Gasteiger partial charge >= 0.3 is 0 Å². The first-order chi connectivity index (χ1) is 12.8. The molecule has 1 aliphatic heterocycles. The maximum absolute atomic E-state index is 6.01. The van der Waals surface area contributed by atoms with Crippen molar-refractivity contribution >= 4 is 11.1 Å². The average molecular weight is 347 g/mol. The van der Waals surface area contributed by atoms with E-state index < -0.39 is 0 Å². The minimum absolute atomic E-state index is 0.0828. The zero-order chi connectivity index (χ0) is 17.5. The van der Waals surface area contributed by atoms with E-state index in [0.29, 0.717) is 12.5 Å². The summed E-state index contributed by atoms with van der Waals surface area (Å²) < 4.78 is 17.2.